The zero-order chi connectivity index (χ0) is 23.7. The number of nitrogens with one attached hydrogen (secondary N) is 2. The van der Waals surface area contributed by atoms with Crippen molar-refractivity contribution < 1.29 is 22.8 Å². The van der Waals surface area contributed by atoms with Gasteiger partial charge < -0.3 is 14.6 Å². The van der Waals surface area contributed by atoms with Gasteiger partial charge in [-0.25, -0.2) is 8.78 Å². The van der Waals surface area contributed by atoms with Crippen LogP contribution >= 0.6 is 0 Å². The van der Waals surface area contributed by atoms with Crippen LogP contribution in [0.4, 0.5) is 14.5 Å². The molecule has 1 fully saturated rings. The van der Waals surface area contributed by atoms with Crippen molar-refractivity contribution in [3.05, 3.63) is 83.4 Å². The quantitative estimate of drug-likeness (QED) is 0.438. The number of hydrogen-bond donors (Lipinski definition) is 2. The fraction of sp³-hybridized carbons (Fsp3) is 0.160. The molecule has 4 aromatic rings. The highest BCUT2D eigenvalue weighted by atomic mass is 19.1. The van der Waals surface area contributed by atoms with E-state index in [0.717, 1.165) is 5.56 Å². The molecule has 172 valence electrons. The molecule has 0 bridgehead atoms. The van der Waals surface area contributed by atoms with E-state index in [-0.39, 0.29) is 36.9 Å². The number of benzene rings is 2. The predicted molar refractivity (Wildman–Crippen MR) is 122 cm³/mol. The van der Waals surface area contributed by atoms with Crippen molar-refractivity contribution in [2.24, 2.45) is 5.92 Å². The number of aromatic amines is 1. The standard InChI is InChI=1S/C25H20F2N4O3/c26-17-6-3-15(4-7-17)5-8-21-19-11-23(20(27)12-22(19)30-29-21)28-25(33)16-10-24(32)31(13-16)14-18-2-1-9-34-18/h1-9,11-12,16H,10,13-14H2,(H,28,33)(H,29,30)/b8-5+. The molecule has 2 N–H and O–H groups in total. The van der Waals surface area contributed by atoms with Crippen molar-refractivity contribution in [1.29, 1.82) is 0 Å². The Morgan fingerprint density at radius 3 is 2.79 bits per heavy atom. The van der Waals surface area contributed by atoms with E-state index >= 15 is 0 Å². The van der Waals surface area contributed by atoms with Gasteiger partial charge in [0.25, 0.3) is 0 Å². The van der Waals surface area contributed by atoms with E-state index < -0.39 is 17.6 Å². The average Bonchev–Trinajstić information content (AvgIpc) is 3.55. The van der Waals surface area contributed by atoms with Gasteiger partial charge in [0.2, 0.25) is 11.8 Å². The van der Waals surface area contributed by atoms with E-state index in [1.54, 1.807) is 41.3 Å². The number of H-pyrrole nitrogens is 1. The summed E-state index contributed by atoms with van der Waals surface area (Å²) in [6.45, 7) is 0.515. The Morgan fingerprint density at radius 2 is 2.03 bits per heavy atom. The molecular formula is C25H20F2N4O3. The van der Waals surface area contributed by atoms with Crippen LogP contribution in [-0.2, 0) is 16.1 Å². The smallest absolute Gasteiger partial charge is 0.229 e. The summed E-state index contributed by atoms with van der Waals surface area (Å²) >= 11 is 0. The summed E-state index contributed by atoms with van der Waals surface area (Å²) in [7, 11) is 0. The minimum atomic E-state index is -0.615. The highest BCUT2D eigenvalue weighted by Crippen LogP contribution is 2.27. The molecule has 0 aliphatic carbocycles. The lowest BCUT2D eigenvalue weighted by Gasteiger charge is -2.15. The van der Waals surface area contributed by atoms with E-state index in [1.165, 1.54) is 30.5 Å². The van der Waals surface area contributed by atoms with Crippen molar-refractivity contribution in [2.75, 3.05) is 11.9 Å². The topological polar surface area (TPSA) is 91.2 Å². The number of anilines is 1. The average molecular weight is 462 g/mol. The molecule has 5 rings (SSSR count). The third-order valence-corrected chi connectivity index (χ3v) is 5.75. The number of nitrogens with zero attached hydrogens (tertiary/aromatic N) is 2. The third-order valence-electron chi connectivity index (χ3n) is 5.75. The minimum Gasteiger partial charge on any atom is -0.467 e. The molecule has 2 amide bonds. The molecule has 1 aliphatic heterocycles. The molecule has 1 unspecified atom stereocenters. The molecule has 1 saturated heterocycles. The first-order valence-corrected chi connectivity index (χ1v) is 10.7. The zero-order valence-electron chi connectivity index (χ0n) is 17.9. The van der Waals surface area contributed by atoms with Gasteiger partial charge in [0.15, 0.2) is 0 Å². The monoisotopic (exact) mass is 462 g/mol. The van der Waals surface area contributed by atoms with Gasteiger partial charge in [0, 0.05) is 24.4 Å². The van der Waals surface area contributed by atoms with Crippen molar-refractivity contribution in [2.45, 2.75) is 13.0 Å². The number of hydrogen-bond acceptors (Lipinski definition) is 4. The molecule has 0 radical (unpaired) electrons. The SMILES string of the molecule is O=C(Nc1cc2c(/C=C/c3ccc(F)cc3)n[nH]c2cc1F)C1CC(=O)N(Cc2ccco2)C1. The van der Waals surface area contributed by atoms with Gasteiger partial charge in [-0.3, -0.25) is 14.7 Å². The Bertz CT molecular complexity index is 1380. The maximum atomic E-state index is 14.7. The number of likely N-dealkylation sites (tertiary alicyclic amines) is 1. The van der Waals surface area contributed by atoms with Gasteiger partial charge in [-0.2, -0.15) is 5.10 Å². The first-order valence-electron chi connectivity index (χ1n) is 10.7. The molecule has 1 atom stereocenters. The van der Waals surface area contributed by atoms with E-state index in [1.807, 2.05) is 0 Å². The van der Waals surface area contributed by atoms with Gasteiger partial charge in [-0.05, 0) is 42.0 Å². The number of fused-ring (bicyclic) bond motifs is 1. The van der Waals surface area contributed by atoms with Gasteiger partial charge in [0.05, 0.1) is 35.6 Å². The first kappa shape index (κ1) is 21.6. The van der Waals surface area contributed by atoms with Crippen molar-refractivity contribution in [3.63, 3.8) is 0 Å². The minimum absolute atomic E-state index is 0.00673. The molecule has 0 spiro atoms. The number of rotatable bonds is 6. The van der Waals surface area contributed by atoms with Crippen LogP contribution in [-0.4, -0.2) is 33.5 Å². The van der Waals surface area contributed by atoms with Crippen molar-refractivity contribution >= 4 is 40.6 Å². The van der Waals surface area contributed by atoms with Gasteiger partial charge in [0.1, 0.15) is 17.4 Å². The van der Waals surface area contributed by atoms with Crippen LogP contribution in [0, 0.1) is 17.6 Å². The molecule has 2 aromatic carbocycles. The molecular weight excluding hydrogens is 442 g/mol. The fourth-order valence-corrected chi connectivity index (χ4v) is 3.96. The number of carbonyl (C=O) groups is 2. The maximum absolute atomic E-state index is 14.7. The second kappa shape index (κ2) is 8.93. The lowest BCUT2D eigenvalue weighted by molar-refractivity contribution is -0.128. The Morgan fingerprint density at radius 1 is 1.21 bits per heavy atom. The molecule has 2 aromatic heterocycles. The molecule has 0 saturated carbocycles. The van der Waals surface area contributed by atoms with Gasteiger partial charge in [-0.15, -0.1) is 0 Å². The number of carbonyl (C=O) groups excluding carboxylic acids is 2. The van der Waals surface area contributed by atoms with Crippen LogP contribution in [0.15, 0.2) is 59.2 Å². The van der Waals surface area contributed by atoms with Crippen LogP contribution in [0.1, 0.15) is 23.4 Å². The molecule has 3 heterocycles. The predicted octanol–water partition coefficient (Wildman–Crippen LogP) is 4.59. The summed E-state index contributed by atoms with van der Waals surface area (Å²) in [5.74, 6) is -1.50. The third kappa shape index (κ3) is 4.45. The molecule has 34 heavy (non-hydrogen) atoms. The van der Waals surface area contributed by atoms with Crippen LogP contribution in [0.5, 0.6) is 0 Å². The Balaban J connectivity index is 1.32. The maximum Gasteiger partial charge on any atom is 0.229 e. The summed E-state index contributed by atoms with van der Waals surface area (Å²) in [4.78, 5) is 26.7. The van der Waals surface area contributed by atoms with Crippen LogP contribution in [0.25, 0.3) is 23.1 Å². The van der Waals surface area contributed by atoms with E-state index in [0.29, 0.717) is 22.4 Å². The molecule has 9 heteroatoms. The largest absolute Gasteiger partial charge is 0.467 e. The highest BCUT2D eigenvalue weighted by Gasteiger charge is 2.35. The number of amides is 2. The second-order valence-electron chi connectivity index (χ2n) is 8.12. The summed E-state index contributed by atoms with van der Waals surface area (Å²) < 4.78 is 33.0. The number of halogens is 2. The highest BCUT2D eigenvalue weighted by molar-refractivity contribution is 6.00. The van der Waals surface area contributed by atoms with Crippen LogP contribution < -0.4 is 5.32 Å². The van der Waals surface area contributed by atoms with E-state index in [4.69, 9.17) is 4.42 Å². The van der Waals surface area contributed by atoms with Crippen molar-refractivity contribution in [1.82, 2.24) is 15.1 Å². The number of aromatic nitrogens is 2. The first-order chi connectivity index (χ1) is 16.5. The number of furan rings is 1. The van der Waals surface area contributed by atoms with Crippen LogP contribution in [0.3, 0.4) is 0 Å². The fourth-order valence-electron chi connectivity index (χ4n) is 3.96. The summed E-state index contributed by atoms with van der Waals surface area (Å²) in [6.07, 6.45) is 5.05. The normalized spacial score (nSPS) is 16.1. The Kier molecular flexibility index (Phi) is 5.67. The summed E-state index contributed by atoms with van der Waals surface area (Å²) in [5.41, 5.74) is 1.79. The second-order valence-corrected chi connectivity index (χ2v) is 8.12. The van der Waals surface area contributed by atoms with Gasteiger partial charge >= 0.3 is 0 Å². The molecule has 7 nitrogen and oxygen atoms in total. The lowest BCUT2D eigenvalue weighted by Crippen LogP contribution is -2.28. The Hall–Kier alpha value is -4.27. The van der Waals surface area contributed by atoms with Crippen molar-refractivity contribution in [3.8, 4) is 0 Å². The van der Waals surface area contributed by atoms with E-state index in [9.17, 15) is 18.4 Å². The zero-order valence-corrected chi connectivity index (χ0v) is 17.9. The molecule has 1 aliphatic rings. The van der Waals surface area contributed by atoms with Gasteiger partial charge in [-0.1, -0.05) is 18.2 Å². The summed E-state index contributed by atoms with van der Waals surface area (Å²) in [6, 6.07) is 12.2. The van der Waals surface area contributed by atoms with Crippen LogP contribution in [0.2, 0.25) is 0 Å². The summed E-state index contributed by atoms with van der Waals surface area (Å²) in [5, 5.41) is 10.2. The Labute approximate surface area is 193 Å². The lowest BCUT2D eigenvalue weighted by atomic mass is 10.1. The van der Waals surface area contributed by atoms with E-state index in [2.05, 4.69) is 15.5 Å².